The number of aliphatic hydroxyl groups is 1. The molecule has 0 aliphatic rings. The van der Waals surface area contributed by atoms with Crippen LogP contribution in [0.5, 0.6) is 0 Å². The molecule has 9 heteroatoms. The van der Waals surface area contributed by atoms with E-state index in [2.05, 4.69) is 9.72 Å². The summed E-state index contributed by atoms with van der Waals surface area (Å²) in [5.41, 5.74) is -1.51. The molecule has 0 saturated heterocycles. The summed E-state index contributed by atoms with van der Waals surface area (Å²) < 4.78 is 43.5. The van der Waals surface area contributed by atoms with Gasteiger partial charge in [-0.3, -0.25) is 9.78 Å². The average molecular weight is 293 g/mol. The summed E-state index contributed by atoms with van der Waals surface area (Å²) in [5, 5.41) is 9.89. The molecule has 1 heterocycles. The third kappa shape index (κ3) is 3.06. The third-order valence-corrected chi connectivity index (χ3v) is 2.52. The van der Waals surface area contributed by atoms with Gasteiger partial charge in [0.25, 0.3) is 11.6 Å². The SMILES string of the molecule is CNN(C(=O)c1ccncc1)C(O)(COC)C(F)(F)F. The van der Waals surface area contributed by atoms with E-state index in [4.69, 9.17) is 0 Å². The van der Waals surface area contributed by atoms with Crippen LogP contribution in [0, 0.1) is 0 Å². The van der Waals surface area contributed by atoms with Crippen molar-refractivity contribution >= 4 is 5.91 Å². The van der Waals surface area contributed by atoms with Crippen LogP contribution in [-0.2, 0) is 4.74 Å². The maximum atomic E-state index is 13.0. The Morgan fingerprint density at radius 1 is 1.45 bits per heavy atom. The van der Waals surface area contributed by atoms with Crippen LogP contribution >= 0.6 is 0 Å². The maximum Gasteiger partial charge on any atom is 0.440 e. The molecule has 0 aliphatic carbocycles. The Hall–Kier alpha value is -1.71. The van der Waals surface area contributed by atoms with Crippen molar-refractivity contribution in [1.82, 2.24) is 15.4 Å². The molecule has 1 aromatic rings. The van der Waals surface area contributed by atoms with E-state index >= 15 is 0 Å². The van der Waals surface area contributed by atoms with E-state index in [9.17, 15) is 23.1 Å². The number of nitrogens with one attached hydrogen (secondary N) is 1. The second-order valence-electron chi connectivity index (χ2n) is 3.85. The fourth-order valence-corrected chi connectivity index (χ4v) is 1.55. The van der Waals surface area contributed by atoms with Crippen LogP contribution in [0.15, 0.2) is 24.5 Å². The lowest BCUT2D eigenvalue weighted by Crippen LogP contribution is -2.67. The van der Waals surface area contributed by atoms with Gasteiger partial charge in [0.15, 0.2) is 0 Å². The summed E-state index contributed by atoms with van der Waals surface area (Å²) >= 11 is 0. The van der Waals surface area contributed by atoms with E-state index in [1.54, 1.807) is 0 Å². The number of ether oxygens (including phenoxy) is 1. The molecule has 6 nitrogen and oxygen atoms in total. The lowest BCUT2D eigenvalue weighted by atomic mass is 10.1. The number of halogens is 3. The Bertz CT molecular complexity index is 455. The predicted octanol–water partition coefficient (Wildman–Crippen LogP) is 0.555. The molecule has 1 unspecified atom stereocenters. The van der Waals surface area contributed by atoms with Crippen LogP contribution in [-0.4, -0.2) is 53.7 Å². The maximum absolute atomic E-state index is 13.0. The monoisotopic (exact) mass is 293 g/mol. The molecular formula is C11H14F3N3O3. The Morgan fingerprint density at radius 2 is 2.00 bits per heavy atom. The minimum Gasteiger partial charge on any atom is -0.379 e. The molecule has 1 rings (SSSR count). The summed E-state index contributed by atoms with van der Waals surface area (Å²) in [6.45, 7) is -1.13. The molecule has 0 spiro atoms. The van der Waals surface area contributed by atoms with E-state index in [0.717, 1.165) is 14.2 Å². The molecule has 2 N–H and O–H groups in total. The van der Waals surface area contributed by atoms with Gasteiger partial charge in [0.1, 0.15) is 6.61 Å². The number of aromatic nitrogens is 1. The summed E-state index contributed by atoms with van der Waals surface area (Å²) in [6.07, 6.45) is -2.59. The first-order valence-electron chi connectivity index (χ1n) is 5.48. The molecule has 0 radical (unpaired) electrons. The van der Waals surface area contributed by atoms with Gasteiger partial charge in [-0.15, -0.1) is 0 Å². The number of pyridine rings is 1. The Labute approximate surface area is 113 Å². The van der Waals surface area contributed by atoms with Gasteiger partial charge in [0, 0.05) is 32.1 Å². The van der Waals surface area contributed by atoms with Gasteiger partial charge in [-0.2, -0.15) is 13.2 Å². The van der Waals surface area contributed by atoms with Crippen LogP contribution < -0.4 is 5.43 Å². The number of rotatable bonds is 5. The van der Waals surface area contributed by atoms with Crippen LogP contribution in [0.3, 0.4) is 0 Å². The molecule has 0 aromatic carbocycles. The highest BCUT2D eigenvalue weighted by Gasteiger charge is 2.60. The zero-order chi connectivity index (χ0) is 15.4. The third-order valence-electron chi connectivity index (χ3n) is 2.52. The highest BCUT2D eigenvalue weighted by molar-refractivity contribution is 5.94. The van der Waals surface area contributed by atoms with Crippen molar-refractivity contribution in [3.8, 4) is 0 Å². The van der Waals surface area contributed by atoms with Crippen LogP contribution in [0.25, 0.3) is 0 Å². The van der Waals surface area contributed by atoms with Gasteiger partial charge < -0.3 is 9.84 Å². The van der Waals surface area contributed by atoms with Crippen molar-refractivity contribution in [1.29, 1.82) is 0 Å². The Morgan fingerprint density at radius 3 is 2.40 bits per heavy atom. The highest BCUT2D eigenvalue weighted by atomic mass is 19.4. The second-order valence-corrected chi connectivity index (χ2v) is 3.85. The van der Waals surface area contributed by atoms with E-state index < -0.39 is 24.4 Å². The van der Waals surface area contributed by atoms with E-state index in [-0.39, 0.29) is 10.6 Å². The topological polar surface area (TPSA) is 74.7 Å². The molecule has 1 atom stereocenters. The van der Waals surface area contributed by atoms with Crippen LogP contribution in [0.4, 0.5) is 13.2 Å². The smallest absolute Gasteiger partial charge is 0.379 e. The predicted molar refractivity (Wildman–Crippen MR) is 62.3 cm³/mol. The quantitative estimate of drug-likeness (QED) is 0.613. The zero-order valence-corrected chi connectivity index (χ0v) is 10.8. The number of amides is 1. The fraction of sp³-hybridized carbons (Fsp3) is 0.455. The Kier molecular flexibility index (Phi) is 5.03. The number of carbonyl (C=O) groups is 1. The molecule has 1 aromatic heterocycles. The number of alkyl halides is 3. The molecule has 0 aliphatic heterocycles. The minimum absolute atomic E-state index is 0.0619. The van der Waals surface area contributed by atoms with Gasteiger partial charge in [0.05, 0.1) is 0 Å². The number of nitrogens with zero attached hydrogens (tertiary/aromatic N) is 2. The normalized spacial score (nSPS) is 14.7. The number of carbonyl (C=O) groups excluding carboxylic acids is 1. The molecule has 1 amide bonds. The number of methoxy groups -OCH3 is 1. The van der Waals surface area contributed by atoms with Gasteiger partial charge in [0.2, 0.25) is 0 Å². The first kappa shape index (κ1) is 16.3. The lowest BCUT2D eigenvalue weighted by Gasteiger charge is -2.39. The fourth-order valence-electron chi connectivity index (χ4n) is 1.55. The van der Waals surface area contributed by atoms with Crippen molar-refractivity contribution in [2.24, 2.45) is 0 Å². The van der Waals surface area contributed by atoms with Crippen molar-refractivity contribution in [3.63, 3.8) is 0 Å². The van der Waals surface area contributed by atoms with Crippen molar-refractivity contribution in [2.75, 3.05) is 20.8 Å². The van der Waals surface area contributed by atoms with Crippen LogP contribution in [0.2, 0.25) is 0 Å². The van der Waals surface area contributed by atoms with Crippen molar-refractivity contribution < 1.29 is 27.8 Å². The number of hydrogen-bond donors (Lipinski definition) is 2. The van der Waals surface area contributed by atoms with E-state index in [0.29, 0.717) is 0 Å². The highest BCUT2D eigenvalue weighted by Crippen LogP contribution is 2.33. The van der Waals surface area contributed by atoms with Crippen molar-refractivity contribution in [2.45, 2.75) is 11.9 Å². The molecule has 112 valence electrons. The standard InChI is InChI=1S/C11H14F3N3O3/c1-15-17(9(18)8-3-5-16-6-4-8)10(19,7-20-2)11(12,13)14/h3-6,15,19H,7H2,1-2H3. The largest absolute Gasteiger partial charge is 0.440 e. The Balaban J connectivity index is 3.18. The second kappa shape index (κ2) is 6.16. The molecule has 0 bridgehead atoms. The first-order chi connectivity index (χ1) is 9.28. The van der Waals surface area contributed by atoms with Crippen molar-refractivity contribution in [3.05, 3.63) is 30.1 Å². The van der Waals surface area contributed by atoms with Gasteiger partial charge >= 0.3 is 6.18 Å². The van der Waals surface area contributed by atoms with E-state index in [1.807, 2.05) is 5.43 Å². The number of hydrogen-bond acceptors (Lipinski definition) is 5. The summed E-state index contributed by atoms with van der Waals surface area (Å²) in [6, 6.07) is 2.46. The van der Waals surface area contributed by atoms with Gasteiger partial charge in [-0.25, -0.2) is 10.4 Å². The van der Waals surface area contributed by atoms with Crippen LogP contribution in [0.1, 0.15) is 10.4 Å². The van der Waals surface area contributed by atoms with E-state index in [1.165, 1.54) is 24.5 Å². The lowest BCUT2D eigenvalue weighted by molar-refractivity contribution is -0.324. The molecule has 0 saturated carbocycles. The first-order valence-corrected chi connectivity index (χ1v) is 5.48. The summed E-state index contributed by atoms with van der Waals surface area (Å²) in [7, 11) is 2.08. The summed E-state index contributed by atoms with van der Waals surface area (Å²) in [5.74, 6) is -1.06. The average Bonchev–Trinajstić information content (AvgIpc) is 2.39. The summed E-state index contributed by atoms with van der Waals surface area (Å²) in [4.78, 5) is 15.7. The van der Waals surface area contributed by atoms with Gasteiger partial charge in [-0.1, -0.05) is 0 Å². The minimum atomic E-state index is -5.10. The number of hydrazine groups is 1. The molecule has 0 fully saturated rings. The zero-order valence-electron chi connectivity index (χ0n) is 10.8. The van der Waals surface area contributed by atoms with Gasteiger partial charge in [-0.05, 0) is 12.1 Å². The molecule has 20 heavy (non-hydrogen) atoms. The molecular weight excluding hydrogens is 279 g/mol.